The average Bonchev–Trinajstić information content (AvgIpc) is 2.42. The lowest BCUT2D eigenvalue weighted by Crippen LogP contribution is -2.41. The molecular weight excluding hydrogens is 243 g/mol. The lowest BCUT2D eigenvalue weighted by Gasteiger charge is -2.31. The van der Waals surface area contributed by atoms with Gasteiger partial charge in [0.1, 0.15) is 5.82 Å². The smallest absolute Gasteiger partial charge is 0.321 e. The monoisotopic (exact) mass is 264 g/mol. The SMILES string of the molecule is Cc1cc(F)ccc1NC(=O)N(C)C1CCCCC1. The second-order valence-corrected chi connectivity index (χ2v) is 5.29. The molecule has 19 heavy (non-hydrogen) atoms. The molecule has 0 aliphatic heterocycles. The fraction of sp³-hybridized carbons (Fsp3) is 0.533. The summed E-state index contributed by atoms with van der Waals surface area (Å²) < 4.78 is 13.0. The number of nitrogens with zero attached hydrogens (tertiary/aromatic N) is 1. The molecule has 2 amide bonds. The molecule has 0 unspecified atom stereocenters. The first-order valence-electron chi connectivity index (χ1n) is 6.88. The van der Waals surface area contributed by atoms with Gasteiger partial charge >= 0.3 is 6.03 Å². The molecule has 1 N–H and O–H groups in total. The third-order valence-corrected chi connectivity index (χ3v) is 3.87. The van der Waals surface area contributed by atoms with E-state index in [0.717, 1.165) is 18.4 Å². The van der Waals surface area contributed by atoms with Gasteiger partial charge in [-0.15, -0.1) is 0 Å². The first kappa shape index (κ1) is 13.8. The number of anilines is 1. The van der Waals surface area contributed by atoms with E-state index in [9.17, 15) is 9.18 Å². The number of rotatable bonds is 2. The lowest BCUT2D eigenvalue weighted by atomic mass is 9.95. The van der Waals surface area contributed by atoms with Gasteiger partial charge < -0.3 is 10.2 Å². The van der Waals surface area contributed by atoms with Crippen LogP contribution in [0.1, 0.15) is 37.7 Å². The fourth-order valence-electron chi connectivity index (χ4n) is 2.60. The number of carbonyl (C=O) groups excluding carboxylic acids is 1. The van der Waals surface area contributed by atoms with Crippen molar-refractivity contribution in [3.63, 3.8) is 0 Å². The molecule has 1 saturated carbocycles. The van der Waals surface area contributed by atoms with Crippen molar-refractivity contribution in [2.75, 3.05) is 12.4 Å². The van der Waals surface area contributed by atoms with Crippen LogP contribution < -0.4 is 5.32 Å². The number of aryl methyl sites for hydroxylation is 1. The van der Waals surface area contributed by atoms with E-state index < -0.39 is 0 Å². The van der Waals surface area contributed by atoms with E-state index in [1.165, 1.54) is 31.4 Å². The Bertz CT molecular complexity index is 455. The van der Waals surface area contributed by atoms with Crippen molar-refractivity contribution in [2.24, 2.45) is 0 Å². The molecule has 104 valence electrons. The molecule has 0 saturated heterocycles. The normalized spacial score (nSPS) is 16.2. The summed E-state index contributed by atoms with van der Waals surface area (Å²) in [4.78, 5) is 13.9. The Balaban J connectivity index is 1.99. The van der Waals surface area contributed by atoms with Gasteiger partial charge in [-0.2, -0.15) is 0 Å². The molecule has 2 rings (SSSR count). The van der Waals surface area contributed by atoms with E-state index in [-0.39, 0.29) is 11.8 Å². The van der Waals surface area contributed by atoms with E-state index >= 15 is 0 Å². The van der Waals surface area contributed by atoms with Crippen molar-refractivity contribution < 1.29 is 9.18 Å². The molecule has 0 bridgehead atoms. The Labute approximate surface area is 113 Å². The highest BCUT2D eigenvalue weighted by Crippen LogP contribution is 2.23. The van der Waals surface area contributed by atoms with Crippen LogP contribution in [-0.2, 0) is 0 Å². The number of halogens is 1. The first-order chi connectivity index (χ1) is 9.08. The molecule has 1 aromatic carbocycles. The summed E-state index contributed by atoms with van der Waals surface area (Å²) in [5.74, 6) is -0.281. The van der Waals surface area contributed by atoms with Crippen LogP contribution in [0, 0.1) is 12.7 Å². The maximum atomic E-state index is 13.0. The highest BCUT2D eigenvalue weighted by atomic mass is 19.1. The van der Waals surface area contributed by atoms with Crippen LogP contribution in [0.25, 0.3) is 0 Å². The van der Waals surface area contributed by atoms with Crippen molar-refractivity contribution in [1.29, 1.82) is 0 Å². The number of benzene rings is 1. The van der Waals surface area contributed by atoms with Crippen molar-refractivity contribution in [2.45, 2.75) is 45.1 Å². The third-order valence-electron chi connectivity index (χ3n) is 3.87. The molecule has 0 heterocycles. The number of nitrogens with one attached hydrogen (secondary N) is 1. The quantitative estimate of drug-likeness (QED) is 0.862. The summed E-state index contributed by atoms with van der Waals surface area (Å²) >= 11 is 0. The highest BCUT2D eigenvalue weighted by Gasteiger charge is 2.22. The van der Waals surface area contributed by atoms with E-state index in [1.54, 1.807) is 17.9 Å². The Hall–Kier alpha value is -1.58. The minimum Gasteiger partial charge on any atom is -0.325 e. The number of hydrogen-bond acceptors (Lipinski definition) is 1. The van der Waals surface area contributed by atoms with Gasteiger partial charge in [-0.3, -0.25) is 0 Å². The van der Waals surface area contributed by atoms with E-state index in [1.807, 2.05) is 7.05 Å². The van der Waals surface area contributed by atoms with Crippen molar-refractivity contribution in [1.82, 2.24) is 4.90 Å². The van der Waals surface area contributed by atoms with Crippen LogP contribution in [-0.4, -0.2) is 24.0 Å². The van der Waals surface area contributed by atoms with E-state index in [2.05, 4.69) is 5.32 Å². The van der Waals surface area contributed by atoms with Crippen molar-refractivity contribution in [3.8, 4) is 0 Å². The molecule has 1 aliphatic carbocycles. The van der Waals surface area contributed by atoms with Crippen LogP contribution in [0.2, 0.25) is 0 Å². The predicted octanol–water partition coefficient (Wildman–Crippen LogP) is 3.93. The van der Waals surface area contributed by atoms with E-state index in [4.69, 9.17) is 0 Å². The van der Waals surface area contributed by atoms with Crippen LogP contribution in [0.5, 0.6) is 0 Å². The van der Waals surface area contributed by atoms with Gasteiger partial charge in [0, 0.05) is 18.8 Å². The van der Waals surface area contributed by atoms with Gasteiger partial charge in [0.15, 0.2) is 0 Å². The Morgan fingerprint density at radius 1 is 1.32 bits per heavy atom. The average molecular weight is 264 g/mol. The third kappa shape index (κ3) is 3.46. The van der Waals surface area contributed by atoms with Gasteiger partial charge in [-0.25, -0.2) is 9.18 Å². The lowest BCUT2D eigenvalue weighted by molar-refractivity contribution is 0.186. The molecule has 1 aliphatic rings. The second kappa shape index (κ2) is 6.04. The molecule has 0 atom stereocenters. The Morgan fingerprint density at radius 3 is 2.63 bits per heavy atom. The zero-order valence-electron chi connectivity index (χ0n) is 11.6. The van der Waals surface area contributed by atoms with Gasteiger partial charge in [0.2, 0.25) is 0 Å². The maximum Gasteiger partial charge on any atom is 0.321 e. The number of hydrogen-bond donors (Lipinski definition) is 1. The molecule has 0 aromatic heterocycles. The Morgan fingerprint density at radius 2 is 2.00 bits per heavy atom. The molecule has 1 aromatic rings. The Kier molecular flexibility index (Phi) is 4.40. The maximum absolute atomic E-state index is 13.0. The summed E-state index contributed by atoms with van der Waals surface area (Å²) in [6.45, 7) is 1.79. The zero-order chi connectivity index (χ0) is 13.8. The second-order valence-electron chi connectivity index (χ2n) is 5.29. The summed E-state index contributed by atoms with van der Waals surface area (Å²) in [5, 5.41) is 2.85. The zero-order valence-corrected chi connectivity index (χ0v) is 11.6. The minimum absolute atomic E-state index is 0.110. The first-order valence-corrected chi connectivity index (χ1v) is 6.88. The largest absolute Gasteiger partial charge is 0.325 e. The van der Waals surface area contributed by atoms with E-state index in [0.29, 0.717) is 11.7 Å². The molecule has 0 spiro atoms. The predicted molar refractivity (Wildman–Crippen MR) is 74.8 cm³/mol. The molecule has 0 radical (unpaired) electrons. The number of amides is 2. The van der Waals surface area contributed by atoms with Crippen LogP contribution >= 0.6 is 0 Å². The molecule has 1 fully saturated rings. The summed E-state index contributed by atoms with van der Waals surface area (Å²) in [6.07, 6.45) is 5.80. The minimum atomic E-state index is -0.281. The van der Waals surface area contributed by atoms with Gasteiger partial charge in [-0.1, -0.05) is 19.3 Å². The highest BCUT2D eigenvalue weighted by molar-refractivity contribution is 5.90. The van der Waals surface area contributed by atoms with Crippen molar-refractivity contribution in [3.05, 3.63) is 29.6 Å². The van der Waals surface area contributed by atoms with Crippen molar-refractivity contribution >= 4 is 11.7 Å². The van der Waals surface area contributed by atoms with Crippen LogP contribution in [0.15, 0.2) is 18.2 Å². The van der Waals surface area contributed by atoms with Gasteiger partial charge in [0.05, 0.1) is 0 Å². The number of carbonyl (C=O) groups is 1. The fourth-order valence-corrected chi connectivity index (χ4v) is 2.60. The van der Waals surface area contributed by atoms with Gasteiger partial charge in [0.25, 0.3) is 0 Å². The summed E-state index contributed by atoms with van der Waals surface area (Å²) in [6, 6.07) is 4.62. The standard InChI is InChI=1S/C15H21FN2O/c1-11-10-12(16)8-9-14(11)17-15(19)18(2)13-6-4-3-5-7-13/h8-10,13H,3-7H2,1-2H3,(H,17,19). The van der Waals surface area contributed by atoms with Crippen LogP contribution in [0.4, 0.5) is 14.9 Å². The topological polar surface area (TPSA) is 32.3 Å². The number of urea groups is 1. The molecular formula is C15H21FN2O. The van der Waals surface area contributed by atoms with Gasteiger partial charge in [-0.05, 0) is 43.5 Å². The van der Waals surface area contributed by atoms with Crippen LogP contribution in [0.3, 0.4) is 0 Å². The molecule has 3 nitrogen and oxygen atoms in total. The summed E-state index contributed by atoms with van der Waals surface area (Å²) in [5.41, 5.74) is 1.42. The summed E-state index contributed by atoms with van der Waals surface area (Å²) in [7, 11) is 1.84. The molecule has 4 heteroatoms.